The van der Waals surface area contributed by atoms with Crippen LogP contribution in [0, 0.1) is 5.92 Å². The largest absolute Gasteiger partial charge is 0.391 e. The maximum Gasteiger partial charge on any atom is 0.222 e. The molecule has 0 aromatic heterocycles. The Hall–Kier alpha value is -0.570. The van der Waals surface area contributed by atoms with Crippen LogP contribution in [0.3, 0.4) is 0 Å². The van der Waals surface area contributed by atoms with Crippen molar-refractivity contribution in [2.75, 3.05) is 6.54 Å². The smallest absolute Gasteiger partial charge is 0.222 e. The van der Waals surface area contributed by atoms with Crippen molar-refractivity contribution in [1.29, 1.82) is 0 Å². The number of hydrogen-bond acceptors (Lipinski definition) is 2. The molecule has 2 N–H and O–H groups in total. The zero-order chi connectivity index (χ0) is 9.56. The highest BCUT2D eigenvalue weighted by atomic mass is 16.3. The van der Waals surface area contributed by atoms with Crippen LogP contribution in [0.1, 0.15) is 33.6 Å². The summed E-state index contributed by atoms with van der Waals surface area (Å²) in [6, 6.07) is 0. The van der Waals surface area contributed by atoms with Crippen molar-refractivity contribution in [2.24, 2.45) is 5.92 Å². The van der Waals surface area contributed by atoms with Gasteiger partial charge in [0.2, 0.25) is 5.91 Å². The molecule has 3 nitrogen and oxygen atoms in total. The fourth-order valence-corrected chi connectivity index (χ4v) is 0.722. The van der Waals surface area contributed by atoms with Crippen LogP contribution in [0.5, 0.6) is 0 Å². The summed E-state index contributed by atoms with van der Waals surface area (Å²) in [5, 5.41) is 11.8. The lowest BCUT2D eigenvalue weighted by Crippen LogP contribution is -2.35. The van der Waals surface area contributed by atoms with E-state index in [0.29, 0.717) is 13.0 Å². The second kappa shape index (κ2) is 6.00. The molecule has 12 heavy (non-hydrogen) atoms. The van der Waals surface area contributed by atoms with Crippen LogP contribution in [-0.2, 0) is 4.79 Å². The fraction of sp³-hybridized carbons (Fsp3) is 0.889. The first-order valence-electron chi connectivity index (χ1n) is 4.57. The zero-order valence-corrected chi connectivity index (χ0v) is 8.13. The minimum Gasteiger partial charge on any atom is -0.391 e. The third kappa shape index (κ3) is 4.34. The molecule has 0 aliphatic carbocycles. The van der Waals surface area contributed by atoms with E-state index in [2.05, 4.69) is 5.32 Å². The van der Waals surface area contributed by atoms with E-state index in [1.54, 1.807) is 0 Å². The maximum absolute atomic E-state index is 11.2. The fourth-order valence-electron chi connectivity index (χ4n) is 0.722. The first kappa shape index (κ1) is 11.4. The summed E-state index contributed by atoms with van der Waals surface area (Å²) in [6.07, 6.45) is 1.12. The topological polar surface area (TPSA) is 49.3 Å². The molecule has 2 atom stereocenters. The van der Waals surface area contributed by atoms with Crippen LogP contribution in [-0.4, -0.2) is 23.7 Å². The SMILES string of the molecule is CCC(O)CNC(=O)C(C)CC. The molecule has 0 aromatic rings. The van der Waals surface area contributed by atoms with Gasteiger partial charge in [0.25, 0.3) is 0 Å². The van der Waals surface area contributed by atoms with E-state index in [0.717, 1.165) is 6.42 Å². The van der Waals surface area contributed by atoms with Crippen molar-refractivity contribution in [1.82, 2.24) is 5.32 Å². The number of rotatable bonds is 5. The van der Waals surface area contributed by atoms with Gasteiger partial charge in [-0.05, 0) is 12.8 Å². The third-order valence-corrected chi connectivity index (χ3v) is 2.04. The number of aliphatic hydroxyl groups is 1. The van der Waals surface area contributed by atoms with Gasteiger partial charge in [0.15, 0.2) is 0 Å². The predicted octanol–water partition coefficient (Wildman–Crippen LogP) is 0.920. The molecular weight excluding hydrogens is 154 g/mol. The van der Waals surface area contributed by atoms with Gasteiger partial charge in [-0.1, -0.05) is 20.8 Å². The summed E-state index contributed by atoms with van der Waals surface area (Å²) in [4.78, 5) is 11.2. The molecular formula is C9H19NO2. The number of amides is 1. The highest BCUT2D eigenvalue weighted by molar-refractivity contribution is 5.78. The summed E-state index contributed by atoms with van der Waals surface area (Å²) in [6.45, 7) is 6.12. The van der Waals surface area contributed by atoms with Gasteiger partial charge in [0.1, 0.15) is 0 Å². The quantitative estimate of drug-likeness (QED) is 0.649. The van der Waals surface area contributed by atoms with E-state index < -0.39 is 6.10 Å². The Morgan fingerprint density at radius 2 is 2.00 bits per heavy atom. The molecule has 0 saturated carbocycles. The van der Waals surface area contributed by atoms with E-state index in [1.165, 1.54) is 0 Å². The van der Waals surface area contributed by atoms with Crippen LogP contribution in [0.15, 0.2) is 0 Å². The second-order valence-electron chi connectivity index (χ2n) is 3.12. The van der Waals surface area contributed by atoms with Gasteiger partial charge in [0.05, 0.1) is 6.10 Å². The molecule has 0 rings (SSSR count). The molecule has 0 spiro atoms. The lowest BCUT2D eigenvalue weighted by molar-refractivity contribution is -0.125. The van der Waals surface area contributed by atoms with E-state index in [-0.39, 0.29) is 11.8 Å². The highest BCUT2D eigenvalue weighted by Crippen LogP contribution is 1.99. The molecule has 0 aromatic carbocycles. The van der Waals surface area contributed by atoms with Gasteiger partial charge < -0.3 is 10.4 Å². The Bertz CT molecular complexity index is 136. The van der Waals surface area contributed by atoms with Gasteiger partial charge in [-0.2, -0.15) is 0 Å². The minimum absolute atomic E-state index is 0.0324. The van der Waals surface area contributed by atoms with Crippen molar-refractivity contribution in [3.05, 3.63) is 0 Å². The van der Waals surface area contributed by atoms with E-state index in [1.807, 2.05) is 20.8 Å². The van der Waals surface area contributed by atoms with Gasteiger partial charge >= 0.3 is 0 Å². The van der Waals surface area contributed by atoms with E-state index >= 15 is 0 Å². The van der Waals surface area contributed by atoms with Crippen molar-refractivity contribution < 1.29 is 9.90 Å². The molecule has 2 unspecified atom stereocenters. The minimum atomic E-state index is -0.405. The first-order valence-corrected chi connectivity index (χ1v) is 4.57. The summed E-state index contributed by atoms with van der Waals surface area (Å²) >= 11 is 0. The van der Waals surface area contributed by atoms with Crippen LogP contribution in [0.4, 0.5) is 0 Å². The molecule has 72 valence electrons. The van der Waals surface area contributed by atoms with Gasteiger partial charge in [-0.15, -0.1) is 0 Å². The van der Waals surface area contributed by atoms with Crippen LogP contribution < -0.4 is 5.32 Å². The predicted molar refractivity (Wildman–Crippen MR) is 48.8 cm³/mol. The molecule has 0 radical (unpaired) electrons. The average Bonchev–Trinajstić information content (AvgIpc) is 2.11. The maximum atomic E-state index is 11.2. The van der Waals surface area contributed by atoms with Gasteiger partial charge in [-0.25, -0.2) is 0 Å². The number of carbonyl (C=O) groups is 1. The summed E-state index contributed by atoms with van der Waals surface area (Å²) in [5.41, 5.74) is 0. The highest BCUT2D eigenvalue weighted by Gasteiger charge is 2.10. The number of aliphatic hydroxyl groups excluding tert-OH is 1. The number of nitrogens with one attached hydrogen (secondary N) is 1. The molecule has 0 fully saturated rings. The van der Waals surface area contributed by atoms with Crippen molar-refractivity contribution in [3.8, 4) is 0 Å². The number of carbonyl (C=O) groups excluding carboxylic acids is 1. The first-order chi connectivity index (χ1) is 5.61. The van der Waals surface area contributed by atoms with E-state index in [9.17, 15) is 4.79 Å². The van der Waals surface area contributed by atoms with Gasteiger partial charge in [-0.3, -0.25) is 4.79 Å². The lowest BCUT2D eigenvalue weighted by Gasteiger charge is -2.12. The molecule has 0 aliphatic rings. The molecule has 1 amide bonds. The van der Waals surface area contributed by atoms with Crippen molar-refractivity contribution >= 4 is 5.91 Å². The zero-order valence-electron chi connectivity index (χ0n) is 8.13. The second-order valence-corrected chi connectivity index (χ2v) is 3.12. The number of hydrogen-bond donors (Lipinski definition) is 2. The monoisotopic (exact) mass is 173 g/mol. The standard InChI is InChI=1S/C9H19NO2/c1-4-7(3)9(12)10-6-8(11)5-2/h7-8,11H,4-6H2,1-3H3,(H,10,12). The third-order valence-electron chi connectivity index (χ3n) is 2.04. The Balaban J connectivity index is 3.56. The Kier molecular flexibility index (Phi) is 5.72. The summed E-state index contributed by atoms with van der Waals surface area (Å²) in [5.74, 6) is 0.0825. The Morgan fingerprint density at radius 3 is 2.42 bits per heavy atom. The van der Waals surface area contributed by atoms with Crippen molar-refractivity contribution in [2.45, 2.75) is 39.7 Å². The molecule has 0 saturated heterocycles. The molecule has 0 heterocycles. The Labute approximate surface area is 74.2 Å². The van der Waals surface area contributed by atoms with Crippen LogP contribution in [0.25, 0.3) is 0 Å². The van der Waals surface area contributed by atoms with Crippen LogP contribution >= 0.6 is 0 Å². The summed E-state index contributed by atoms with van der Waals surface area (Å²) < 4.78 is 0. The average molecular weight is 173 g/mol. The molecule has 0 bridgehead atoms. The molecule has 3 heteroatoms. The normalized spacial score (nSPS) is 15.3. The van der Waals surface area contributed by atoms with E-state index in [4.69, 9.17) is 5.11 Å². The Morgan fingerprint density at radius 1 is 1.42 bits per heavy atom. The van der Waals surface area contributed by atoms with Gasteiger partial charge in [0, 0.05) is 12.5 Å². The lowest BCUT2D eigenvalue weighted by atomic mass is 10.1. The molecule has 0 aliphatic heterocycles. The van der Waals surface area contributed by atoms with Crippen molar-refractivity contribution in [3.63, 3.8) is 0 Å². The van der Waals surface area contributed by atoms with Crippen LogP contribution in [0.2, 0.25) is 0 Å². The summed E-state index contributed by atoms with van der Waals surface area (Å²) in [7, 11) is 0.